The Morgan fingerprint density at radius 1 is 1.15 bits per heavy atom. The highest BCUT2D eigenvalue weighted by molar-refractivity contribution is 5.45. The first-order valence-corrected chi connectivity index (χ1v) is 7.49. The lowest BCUT2D eigenvalue weighted by Gasteiger charge is -2.33. The third-order valence-electron chi connectivity index (χ3n) is 4.18. The van der Waals surface area contributed by atoms with Gasteiger partial charge in [0.1, 0.15) is 5.75 Å². The highest BCUT2D eigenvalue weighted by Gasteiger charge is 2.44. The van der Waals surface area contributed by atoms with E-state index in [0.29, 0.717) is 0 Å². The van der Waals surface area contributed by atoms with Gasteiger partial charge in [0.2, 0.25) is 0 Å². The van der Waals surface area contributed by atoms with Crippen molar-refractivity contribution in [3.8, 4) is 5.75 Å². The minimum atomic E-state index is -0.654. The van der Waals surface area contributed by atoms with Gasteiger partial charge in [-0.3, -0.25) is 0 Å². The van der Waals surface area contributed by atoms with Gasteiger partial charge in [0.15, 0.2) is 0 Å². The Morgan fingerprint density at radius 2 is 1.75 bits per heavy atom. The van der Waals surface area contributed by atoms with Crippen LogP contribution in [-0.2, 0) is 11.0 Å². The quantitative estimate of drug-likeness (QED) is 0.883. The number of benzene rings is 1. The molecule has 1 aromatic carbocycles. The standard InChI is InChI=1S/C18H28O2/c1-16(2,3)12-17(4,5)13-7-8-15(20-6)14(11-13)18(19)9-10-18/h7-8,11,19H,9-10,12H2,1-6H3. The maximum Gasteiger partial charge on any atom is 0.124 e. The van der Waals surface area contributed by atoms with E-state index in [9.17, 15) is 5.11 Å². The molecule has 1 aromatic rings. The molecule has 0 heterocycles. The number of aliphatic hydroxyl groups is 1. The van der Waals surface area contributed by atoms with Gasteiger partial charge >= 0.3 is 0 Å². The smallest absolute Gasteiger partial charge is 0.124 e. The molecule has 1 aliphatic carbocycles. The predicted octanol–water partition coefficient (Wildman–Crippen LogP) is 4.39. The molecule has 112 valence electrons. The van der Waals surface area contributed by atoms with E-state index in [1.54, 1.807) is 7.11 Å². The summed E-state index contributed by atoms with van der Waals surface area (Å²) in [6.07, 6.45) is 2.78. The van der Waals surface area contributed by atoms with Crippen LogP contribution in [0.1, 0.15) is 65.0 Å². The average Bonchev–Trinajstić information content (AvgIpc) is 3.04. The van der Waals surface area contributed by atoms with Crippen molar-refractivity contribution in [2.24, 2.45) is 5.41 Å². The van der Waals surface area contributed by atoms with Crippen molar-refractivity contribution < 1.29 is 9.84 Å². The van der Waals surface area contributed by atoms with Crippen LogP contribution in [0.5, 0.6) is 5.75 Å². The molecule has 2 heteroatoms. The van der Waals surface area contributed by atoms with Crippen molar-refractivity contribution in [1.29, 1.82) is 0 Å². The van der Waals surface area contributed by atoms with Crippen LogP contribution in [0, 0.1) is 5.41 Å². The molecule has 0 unspecified atom stereocenters. The molecule has 0 spiro atoms. The van der Waals surface area contributed by atoms with E-state index in [-0.39, 0.29) is 10.8 Å². The number of methoxy groups -OCH3 is 1. The molecule has 2 nitrogen and oxygen atoms in total. The molecule has 0 saturated heterocycles. The van der Waals surface area contributed by atoms with Gasteiger partial charge in [-0.25, -0.2) is 0 Å². The molecular formula is C18H28O2. The van der Waals surface area contributed by atoms with Gasteiger partial charge in [-0.1, -0.05) is 40.7 Å². The highest BCUT2D eigenvalue weighted by atomic mass is 16.5. The number of ether oxygens (including phenoxy) is 1. The first-order valence-electron chi connectivity index (χ1n) is 7.49. The van der Waals surface area contributed by atoms with Gasteiger partial charge < -0.3 is 9.84 Å². The second-order valence-corrected chi connectivity index (χ2v) is 8.07. The molecule has 0 radical (unpaired) electrons. The van der Waals surface area contributed by atoms with Gasteiger partial charge in [0.05, 0.1) is 12.7 Å². The Morgan fingerprint density at radius 3 is 2.20 bits per heavy atom. The first kappa shape index (κ1) is 15.4. The third kappa shape index (κ3) is 3.17. The molecule has 1 N–H and O–H groups in total. The molecule has 0 amide bonds. The Bertz CT molecular complexity index is 491. The van der Waals surface area contributed by atoms with E-state index in [4.69, 9.17) is 4.74 Å². The molecule has 1 aliphatic rings. The summed E-state index contributed by atoms with van der Waals surface area (Å²) in [5, 5.41) is 10.5. The normalized spacial score (nSPS) is 17.9. The predicted molar refractivity (Wildman–Crippen MR) is 83.2 cm³/mol. The van der Waals surface area contributed by atoms with Crippen LogP contribution in [-0.4, -0.2) is 12.2 Å². The fourth-order valence-electron chi connectivity index (χ4n) is 3.31. The van der Waals surface area contributed by atoms with Gasteiger partial charge in [-0.05, 0) is 47.8 Å². The number of hydrogen-bond acceptors (Lipinski definition) is 2. The van der Waals surface area contributed by atoms with E-state index < -0.39 is 5.60 Å². The molecule has 1 fully saturated rings. The lowest BCUT2D eigenvalue weighted by atomic mass is 9.72. The van der Waals surface area contributed by atoms with Gasteiger partial charge in [-0.15, -0.1) is 0 Å². The van der Waals surface area contributed by atoms with Crippen molar-refractivity contribution in [1.82, 2.24) is 0 Å². The monoisotopic (exact) mass is 276 g/mol. The van der Waals surface area contributed by atoms with Crippen LogP contribution in [0.15, 0.2) is 18.2 Å². The van der Waals surface area contributed by atoms with E-state index >= 15 is 0 Å². The minimum absolute atomic E-state index is 0.0878. The van der Waals surface area contributed by atoms with Crippen LogP contribution >= 0.6 is 0 Å². The van der Waals surface area contributed by atoms with Crippen LogP contribution < -0.4 is 4.74 Å². The summed E-state index contributed by atoms with van der Waals surface area (Å²) in [5.41, 5.74) is 1.95. The van der Waals surface area contributed by atoms with E-state index in [2.05, 4.69) is 46.8 Å². The molecule has 20 heavy (non-hydrogen) atoms. The Kier molecular flexibility index (Phi) is 3.66. The fourth-order valence-corrected chi connectivity index (χ4v) is 3.31. The van der Waals surface area contributed by atoms with Crippen molar-refractivity contribution in [3.05, 3.63) is 29.3 Å². The lowest BCUT2D eigenvalue weighted by molar-refractivity contribution is 0.147. The first-order chi connectivity index (χ1) is 9.07. The number of hydrogen-bond donors (Lipinski definition) is 1. The zero-order valence-corrected chi connectivity index (χ0v) is 13.7. The average molecular weight is 276 g/mol. The summed E-state index contributed by atoms with van der Waals surface area (Å²) in [6.45, 7) is 11.4. The van der Waals surface area contributed by atoms with Gasteiger partial charge in [-0.2, -0.15) is 0 Å². The second kappa shape index (κ2) is 4.77. The third-order valence-corrected chi connectivity index (χ3v) is 4.18. The van der Waals surface area contributed by atoms with Crippen LogP contribution in [0.2, 0.25) is 0 Å². The van der Waals surface area contributed by atoms with E-state index in [1.165, 1.54) is 5.56 Å². The minimum Gasteiger partial charge on any atom is -0.496 e. The molecule has 1 saturated carbocycles. The highest BCUT2D eigenvalue weighted by Crippen LogP contribution is 2.50. The van der Waals surface area contributed by atoms with E-state index in [0.717, 1.165) is 30.6 Å². The number of rotatable bonds is 4. The summed E-state index contributed by atoms with van der Waals surface area (Å²) in [4.78, 5) is 0. The SMILES string of the molecule is COc1ccc(C(C)(C)CC(C)(C)C)cc1C1(O)CC1. The Labute approximate surface area is 123 Å². The van der Waals surface area contributed by atoms with Crippen LogP contribution in [0.3, 0.4) is 0 Å². The Hall–Kier alpha value is -1.02. The molecule has 0 bridgehead atoms. The molecule has 0 atom stereocenters. The molecule has 0 aromatic heterocycles. The van der Waals surface area contributed by atoms with E-state index in [1.807, 2.05) is 6.07 Å². The molecule has 2 rings (SSSR count). The van der Waals surface area contributed by atoms with Crippen molar-refractivity contribution in [2.75, 3.05) is 7.11 Å². The summed E-state index contributed by atoms with van der Waals surface area (Å²) in [5.74, 6) is 0.806. The summed E-state index contributed by atoms with van der Waals surface area (Å²) < 4.78 is 5.42. The van der Waals surface area contributed by atoms with Crippen molar-refractivity contribution >= 4 is 0 Å². The molecular weight excluding hydrogens is 248 g/mol. The van der Waals surface area contributed by atoms with Crippen molar-refractivity contribution in [3.63, 3.8) is 0 Å². The van der Waals surface area contributed by atoms with Crippen LogP contribution in [0.4, 0.5) is 0 Å². The topological polar surface area (TPSA) is 29.5 Å². The summed E-state index contributed by atoms with van der Waals surface area (Å²) in [7, 11) is 1.67. The van der Waals surface area contributed by atoms with Gasteiger partial charge in [0.25, 0.3) is 0 Å². The zero-order valence-electron chi connectivity index (χ0n) is 13.7. The summed E-state index contributed by atoms with van der Waals surface area (Å²) >= 11 is 0. The van der Waals surface area contributed by atoms with Gasteiger partial charge in [0, 0.05) is 5.56 Å². The maximum absolute atomic E-state index is 10.5. The van der Waals surface area contributed by atoms with Crippen molar-refractivity contribution in [2.45, 2.75) is 64.9 Å². The van der Waals surface area contributed by atoms with Crippen LogP contribution in [0.25, 0.3) is 0 Å². The molecule has 0 aliphatic heterocycles. The zero-order chi connectivity index (χ0) is 15.2. The summed E-state index contributed by atoms with van der Waals surface area (Å²) in [6, 6.07) is 6.29. The second-order valence-electron chi connectivity index (χ2n) is 8.07. The fraction of sp³-hybridized carbons (Fsp3) is 0.667. The lowest BCUT2D eigenvalue weighted by Crippen LogP contribution is -2.25. The Balaban J connectivity index is 2.38. The largest absolute Gasteiger partial charge is 0.496 e. The maximum atomic E-state index is 10.5.